The van der Waals surface area contributed by atoms with Gasteiger partial charge < -0.3 is 0 Å². The molecule has 0 unspecified atom stereocenters. The van der Waals surface area contributed by atoms with Gasteiger partial charge in [0.1, 0.15) is 10.8 Å². The Balaban J connectivity index is 1.78. The summed E-state index contributed by atoms with van der Waals surface area (Å²) in [4.78, 5) is 17.1. The summed E-state index contributed by atoms with van der Waals surface area (Å²) in [6, 6.07) is 8.11. The van der Waals surface area contributed by atoms with Crippen molar-refractivity contribution < 1.29 is 4.79 Å². The van der Waals surface area contributed by atoms with Crippen molar-refractivity contribution in [2.75, 3.05) is 0 Å². The van der Waals surface area contributed by atoms with Crippen LogP contribution in [0.1, 0.15) is 44.0 Å². The van der Waals surface area contributed by atoms with Crippen molar-refractivity contribution in [1.29, 1.82) is 0 Å². The zero-order valence-electron chi connectivity index (χ0n) is 11.3. The van der Waals surface area contributed by atoms with E-state index in [1.54, 1.807) is 11.3 Å². The van der Waals surface area contributed by atoms with E-state index in [1.807, 2.05) is 18.2 Å². The summed E-state index contributed by atoms with van der Waals surface area (Å²) in [7, 11) is 0. The second kappa shape index (κ2) is 5.04. The third-order valence-electron chi connectivity index (χ3n) is 4.28. The van der Waals surface area contributed by atoms with E-state index in [9.17, 15) is 4.79 Å². The summed E-state index contributed by atoms with van der Waals surface area (Å²) < 4.78 is 1.18. The molecule has 0 radical (unpaired) electrons. The number of thiazole rings is 1. The van der Waals surface area contributed by atoms with Crippen molar-refractivity contribution in [1.82, 2.24) is 4.98 Å². The Morgan fingerprint density at radius 3 is 2.74 bits per heavy atom. The van der Waals surface area contributed by atoms with Gasteiger partial charge in [-0.25, -0.2) is 4.98 Å². The summed E-state index contributed by atoms with van der Waals surface area (Å²) >= 11 is 1.66. The maximum Gasteiger partial charge on any atom is 0.145 e. The highest BCUT2D eigenvalue weighted by molar-refractivity contribution is 7.18. The summed E-state index contributed by atoms with van der Waals surface area (Å²) in [5, 5.41) is 0.970. The standard InChI is InChI=1S/C16H19NOS/c1-16(9-5-2-6-10-16)14(18)11-15-17-12-7-3-4-8-13(12)19-15/h3-4,7-8H,2,5-6,9-11H2,1H3. The van der Waals surface area contributed by atoms with Crippen LogP contribution in [-0.2, 0) is 11.2 Å². The first-order valence-corrected chi connectivity index (χ1v) is 7.87. The quantitative estimate of drug-likeness (QED) is 0.830. The van der Waals surface area contributed by atoms with Crippen molar-refractivity contribution >= 4 is 27.3 Å². The highest BCUT2D eigenvalue weighted by atomic mass is 32.1. The molecular weight excluding hydrogens is 254 g/mol. The monoisotopic (exact) mass is 273 g/mol. The van der Waals surface area contributed by atoms with Gasteiger partial charge in [0.25, 0.3) is 0 Å². The van der Waals surface area contributed by atoms with Crippen LogP contribution in [0.15, 0.2) is 24.3 Å². The SMILES string of the molecule is CC1(C(=O)Cc2nc3ccccc3s2)CCCCC1. The summed E-state index contributed by atoms with van der Waals surface area (Å²) in [5.74, 6) is 0.381. The van der Waals surface area contributed by atoms with Crippen LogP contribution < -0.4 is 0 Å². The molecule has 1 heterocycles. The Kier molecular flexibility index (Phi) is 3.40. The van der Waals surface area contributed by atoms with E-state index >= 15 is 0 Å². The second-order valence-electron chi connectivity index (χ2n) is 5.80. The first-order chi connectivity index (χ1) is 9.17. The van der Waals surface area contributed by atoms with Crippen molar-refractivity contribution in [3.63, 3.8) is 0 Å². The van der Waals surface area contributed by atoms with Crippen molar-refractivity contribution in [2.24, 2.45) is 5.41 Å². The number of rotatable bonds is 3. The van der Waals surface area contributed by atoms with Gasteiger partial charge in [0.15, 0.2) is 0 Å². The molecule has 3 rings (SSSR count). The molecule has 0 N–H and O–H groups in total. The fraction of sp³-hybridized carbons (Fsp3) is 0.500. The normalized spacial score (nSPS) is 18.6. The first kappa shape index (κ1) is 12.8. The van der Waals surface area contributed by atoms with Gasteiger partial charge in [-0.05, 0) is 25.0 Å². The third kappa shape index (κ3) is 2.57. The van der Waals surface area contributed by atoms with Crippen LogP contribution >= 0.6 is 11.3 Å². The lowest BCUT2D eigenvalue weighted by Gasteiger charge is -2.31. The van der Waals surface area contributed by atoms with E-state index in [0.29, 0.717) is 12.2 Å². The molecule has 0 saturated heterocycles. The number of nitrogens with zero attached hydrogens (tertiary/aromatic N) is 1. The number of hydrogen-bond acceptors (Lipinski definition) is 3. The molecule has 2 aromatic rings. The number of ketones is 1. The number of carbonyl (C=O) groups is 1. The molecular formula is C16H19NOS. The Bertz CT molecular complexity index is 563. The molecule has 3 heteroatoms. The number of carbonyl (C=O) groups excluding carboxylic acids is 1. The van der Waals surface area contributed by atoms with Gasteiger partial charge >= 0.3 is 0 Å². The maximum absolute atomic E-state index is 12.5. The average molecular weight is 273 g/mol. The fourth-order valence-corrected chi connectivity index (χ4v) is 3.92. The van der Waals surface area contributed by atoms with E-state index in [1.165, 1.54) is 24.0 Å². The van der Waals surface area contributed by atoms with Gasteiger partial charge in [-0.15, -0.1) is 11.3 Å². The van der Waals surface area contributed by atoms with Crippen molar-refractivity contribution in [2.45, 2.75) is 45.4 Å². The topological polar surface area (TPSA) is 30.0 Å². The van der Waals surface area contributed by atoms with E-state index in [-0.39, 0.29) is 5.41 Å². The predicted octanol–water partition coefficient (Wildman–Crippen LogP) is 4.38. The lowest BCUT2D eigenvalue weighted by atomic mass is 9.72. The minimum Gasteiger partial charge on any atom is -0.299 e. The number of benzene rings is 1. The summed E-state index contributed by atoms with van der Waals surface area (Å²) in [6.45, 7) is 2.14. The smallest absolute Gasteiger partial charge is 0.145 e. The van der Waals surface area contributed by atoms with Crippen molar-refractivity contribution in [3.8, 4) is 0 Å². The molecule has 1 aromatic carbocycles. The number of para-hydroxylation sites is 1. The van der Waals surface area contributed by atoms with Crippen LogP contribution in [0.5, 0.6) is 0 Å². The van der Waals surface area contributed by atoms with E-state index in [4.69, 9.17) is 0 Å². The number of hydrogen-bond donors (Lipinski definition) is 0. The highest BCUT2D eigenvalue weighted by Crippen LogP contribution is 2.37. The molecule has 0 bridgehead atoms. The average Bonchev–Trinajstić information content (AvgIpc) is 2.81. The number of Topliss-reactive ketones (excluding diaryl/α,β-unsaturated/α-hetero) is 1. The molecule has 1 aliphatic carbocycles. The van der Waals surface area contributed by atoms with Gasteiger partial charge in [0.05, 0.1) is 16.6 Å². The first-order valence-electron chi connectivity index (χ1n) is 7.05. The van der Waals surface area contributed by atoms with Gasteiger partial charge in [0.2, 0.25) is 0 Å². The fourth-order valence-electron chi connectivity index (χ4n) is 2.96. The Labute approximate surface area is 117 Å². The molecule has 1 aromatic heterocycles. The molecule has 0 atom stereocenters. The zero-order valence-corrected chi connectivity index (χ0v) is 12.1. The van der Waals surface area contributed by atoms with Gasteiger partial charge in [-0.3, -0.25) is 4.79 Å². The van der Waals surface area contributed by atoms with Crippen LogP contribution in [0.4, 0.5) is 0 Å². The molecule has 0 spiro atoms. The largest absolute Gasteiger partial charge is 0.299 e. The number of fused-ring (bicyclic) bond motifs is 1. The van der Waals surface area contributed by atoms with E-state index in [2.05, 4.69) is 18.0 Å². The zero-order chi connectivity index (χ0) is 13.3. The van der Waals surface area contributed by atoms with Gasteiger partial charge in [0, 0.05) is 5.41 Å². The summed E-state index contributed by atoms with van der Waals surface area (Å²) in [6.07, 6.45) is 6.29. The molecule has 2 nitrogen and oxygen atoms in total. The van der Waals surface area contributed by atoms with E-state index < -0.39 is 0 Å². The number of aromatic nitrogens is 1. The Hall–Kier alpha value is -1.22. The Morgan fingerprint density at radius 2 is 2.00 bits per heavy atom. The van der Waals surface area contributed by atoms with Crippen LogP contribution in [0.25, 0.3) is 10.2 Å². The third-order valence-corrected chi connectivity index (χ3v) is 5.32. The van der Waals surface area contributed by atoms with E-state index in [0.717, 1.165) is 23.4 Å². The second-order valence-corrected chi connectivity index (χ2v) is 6.91. The maximum atomic E-state index is 12.5. The minimum absolute atomic E-state index is 0.101. The highest BCUT2D eigenvalue weighted by Gasteiger charge is 2.34. The Morgan fingerprint density at radius 1 is 1.26 bits per heavy atom. The molecule has 0 aliphatic heterocycles. The molecule has 1 fully saturated rings. The molecule has 1 saturated carbocycles. The lowest BCUT2D eigenvalue weighted by molar-refractivity contribution is -0.128. The minimum atomic E-state index is -0.101. The lowest BCUT2D eigenvalue weighted by Crippen LogP contribution is -2.31. The van der Waals surface area contributed by atoms with Crippen LogP contribution in [0.2, 0.25) is 0 Å². The predicted molar refractivity (Wildman–Crippen MR) is 79.5 cm³/mol. The van der Waals surface area contributed by atoms with Crippen LogP contribution in [0, 0.1) is 5.41 Å². The molecule has 100 valence electrons. The van der Waals surface area contributed by atoms with Crippen LogP contribution in [-0.4, -0.2) is 10.8 Å². The molecule has 19 heavy (non-hydrogen) atoms. The molecule has 1 aliphatic rings. The van der Waals surface area contributed by atoms with Gasteiger partial charge in [-0.2, -0.15) is 0 Å². The molecule has 0 amide bonds. The van der Waals surface area contributed by atoms with Crippen molar-refractivity contribution in [3.05, 3.63) is 29.3 Å². The summed E-state index contributed by atoms with van der Waals surface area (Å²) in [5.41, 5.74) is 0.917. The van der Waals surface area contributed by atoms with Crippen LogP contribution in [0.3, 0.4) is 0 Å². The van der Waals surface area contributed by atoms with Gasteiger partial charge in [-0.1, -0.05) is 38.3 Å².